The predicted octanol–water partition coefficient (Wildman–Crippen LogP) is 3.27. The molecule has 0 radical (unpaired) electrons. The van der Waals surface area contributed by atoms with Gasteiger partial charge in [0.15, 0.2) is 0 Å². The maximum atomic E-state index is 12.3. The van der Waals surface area contributed by atoms with Crippen molar-refractivity contribution >= 4 is 17.5 Å². The maximum Gasteiger partial charge on any atom is 0.229 e. The van der Waals surface area contributed by atoms with Crippen LogP contribution in [-0.4, -0.2) is 29.8 Å². The van der Waals surface area contributed by atoms with E-state index in [9.17, 15) is 4.79 Å². The van der Waals surface area contributed by atoms with Crippen molar-refractivity contribution in [2.75, 3.05) is 13.6 Å². The van der Waals surface area contributed by atoms with E-state index in [1.807, 2.05) is 51.2 Å². The average Bonchev–Trinajstić information content (AvgIpc) is 2.30. The van der Waals surface area contributed by atoms with Crippen LogP contribution in [0.25, 0.3) is 0 Å². The lowest BCUT2D eigenvalue weighted by Crippen LogP contribution is -2.35. The van der Waals surface area contributed by atoms with Crippen LogP contribution in [0.3, 0.4) is 0 Å². The molecule has 0 aromatic heterocycles. The Balaban J connectivity index is 2.78. The van der Waals surface area contributed by atoms with Gasteiger partial charge in [0.05, 0.1) is 5.92 Å². The minimum atomic E-state index is -0.0587. The fraction of sp³-hybridized carbons (Fsp3) is 0.500. The highest BCUT2D eigenvalue weighted by Gasteiger charge is 2.22. The molecule has 0 N–H and O–H groups in total. The van der Waals surface area contributed by atoms with Gasteiger partial charge in [-0.05, 0) is 18.9 Å². The molecule has 0 aliphatic rings. The molecule has 94 valence electrons. The van der Waals surface area contributed by atoms with E-state index >= 15 is 0 Å². The summed E-state index contributed by atoms with van der Waals surface area (Å²) in [7, 11) is 1.81. The van der Waals surface area contributed by atoms with E-state index in [2.05, 4.69) is 0 Å². The van der Waals surface area contributed by atoms with E-state index in [1.165, 1.54) is 0 Å². The number of halogens is 1. The molecule has 1 amide bonds. The second kappa shape index (κ2) is 6.65. The van der Waals surface area contributed by atoms with Gasteiger partial charge in [0, 0.05) is 19.0 Å². The zero-order valence-electron chi connectivity index (χ0n) is 10.7. The molecule has 2 unspecified atom stereocenters. The molecule has 1 aromatic carbocycles. The van der Waals surface area contributed by atoms with E-state index in [-0.39, 0.29) is 17.2 Å². The van der Waals surface area contributed by atoms with Crippen LogP contribution in [0.4, 0.5) is 0 Å². The van der Waals surface area contributed by atoms with Gasteiger partial charge in [-0.1, -0.05) is 37.3 Å². The Hall–Kier alpha value is -1.02. The molecule has 1 aromatic rings. The molecule has 0 spiro atoms. The summed E-state index contributed by atoms with van der Waals surface area (Å²) >= 11 is 5.92. The van der Waals surface area contributed by atoms with Gasteiger partial charge in [0.25, 0.3) is 0 Å². The van der Waals surface area contributed by atoms with E-state index in [0.717, 1.165) is 12.0 Å². The Labute approximate surface area is 109 Å². The average molecular weight is 254 g/mol. The minimum Gasteiger partial charge on any atom is -0.344 e. The van der Waals surface area contributed by atoms with Crippen LogP contribution in [-0.2, 0) is 4.79 Å². The molecule has 2 atom stereocenters. The summed E-state index contributed by atoms with van der Waals surface area (Å²) in [6, 6.07) is 9.91. The number of carbonyl (C=O) groups is 1. The van der Waals surface area contributed by atoms with Gasteiger partial charge in [-0.2, -0.15) is 0 Å². The van der Waals surface area contributed by atoms with E-state index < -0.39 is 0 Å². The Morgan fingerprint density at radius 2 is 1.94 bits per heavy atom. The number of nitrogens with zero attached hydrogens (tertiary/aromatic N) is 1. The Morgan fingerprint density at radius 3 is 2.41 bits per heavy atom. The summed E-state index contributed by atoms with van der Waals surface area (Å²) in [4.78, 5) is 14.0. The first kappa shape index (κ1) is 14.0. The van der Waals surface area contributed by atoms with Gasteiger partial charge in [-0.25, -0.2) is 0 Å². The van der Waals surface area contributed by atoms with Crippen molar-refractivity contribution in [3.63, 3.8) is 0 Å². The third-order valence-corrected chi connectivity index (χ3v) is 2.95. The molecular weight excluding hydrogens is 234 g/mol. The van der Waals surface area contributed by atoms with Crippen molar-refractivity contribution in [2.24, 2.45) is 0 Å². The number of benzene rings is 1. The lowest BCUT2D eigenvalue weighted by molar-refractivity contribution is -0.131. The van der Waals surface area contributed by atoms with Crippen molar-refractivity contribution in [2.45, 2.75) is 31.6 Å². The smallest absolute Gasteiger partial charge is 0.229 e. The van der Waals surface area contributed by atoms with Crippen molar-refractivity contribution in [1.82, 2.24) is 4.90 Å². The number of hydrogen-bond donors (Lipinski definition) is 0. The van der Waals surface area contributed by atoms with Gasteiger partial charge in [0.2, 0.25) is 5.91 Å². The van der Waals surface area contributed by atoms with Crippen LogP contribution >= 0.6 is 11.6 Å². The molecular formula is C14H20ClNO. The standard InChI is InChI=1S/C14H20ClNO/c1-4-13(12-8-6-5-7-9-12)14(17)16(3)10-11(2)15/h5-9,11,13H,4,10H2,1-3H3. The second-order valence-corrected chi connectivity index (χ2v) is 5.12. The van der Waals surface area contributed by atoms with Crippen LogP contribution in [0.1, 0.15) is 31.7 Å². The molecule has 1 rings (SSSR count). The third-order valence-electron chi connectivity index (χ3n) is 2.81. The van der Waals surface area contributed by atoms with Gasteiger partial charge in [-0.15, -0.1) is 11.6 Å². The number of likely N-dealkylation sites (N-methyl/N-ethyl adjacent to an activating group) is 1. The van der Waals surface area contributed by atoms with Gasteiger partial charge >= 0.3 is 0 Å². The Kier molecular flexibility index (Phi) is 5.49. The second-order valence-electron chi connectivity index (χ2n) is 4.37. The zero-order valence-corrected chi connectivity index (χ0v) is 11.4. The fourth-order valence-corrected chi connectivity index (χ4v) is 2.18. The van der Waals surface area contributed by atoms with Gasteiger partial charge in [-0.3, -0.25) is 4.79 Å². The zero-order chi connectivity index (χ0) is 12.8. The van der Waals surface area contributed by atoms with Gasteiger partial charge < -0.3 is 4.90 Å². The highest BCUT2D eigenvalue weighted by atomic mass is 35.5. The molecule has 3 heteroatoms. The van der Waals surface area contributed by atoms with Crippen LogP contribution in [0.2, 0.25) is 0 Å². The molecule has 0 fully saturated rings. The minimum absolute atomic E-state index is 0.0165. The molecule has 17 heavy (non-hydrogen) atoms. The van der Waals surface area contributed by atoms with Crippen LogP contribution in [0.15, 0.2) is 30.3 Å². The third kappa shape index (κ3) is 4.04. The highest BCUT2D eigenvalue weighted by Crippen LogP contribution is 2.21. The molecule has 0 bridgehead atoms. The van der Waals surface area contributed by atoms with E-state index in [4.69, 9.17) is 11.6 Å². The largest absolute Gasteiger partial charge is 0.344 e. The topological polar surface area (TPSA) is 20.3 Å². The molecule has 0 saturated carbocycles. The number of hydrogen-bond acceptors (Lipinski definition) is 1. The van der Waals surface area contributed by atoms with Crippen molar-refractivity contribution < 1.29 is 4.79 Å². The van der Waals surface area contributed by atoms with Crippen molar-refractivity contribution in [3.8, 4) is 0 Å². The summed E-state index contributed by atoms with van der Waals surface area (Å²) in [5, 5.41) is -0.0165. The fourth-order valence-electron chi connectivity index (χ4n) is 1.97. The predicted molar refractivity (Wildman–Crippen MR) is 72.4 cm³/mol. The SMILES string of the molecule is CCC(C(=O)N(C)CC(C)Cl)c1ccccc1. The van der Waals surface area contributed by atoms with Crippen molar-refractivity contribution in [1.29, 1.82) is 0 Å². The lowest BCUT2D eigenvalue weighted by atomic mass is 9.95. The lowest BCUT2D eigenvalue weighted by Gasteiger charge is -2.24. The molecule has 2 nitrogen and oxygen atoms in total. The summed E-state index contributed by atoms with van der Waals surface area (Å²) in [6.45, 7) is 4.52. The summed E-state index contributed by atoms with van der Waals surface area (Å²) in [6.07, 6.45) is 0.809. The van der Waals surface area contributed by atoms with Crippen LogP contribution in [0.5, 0.6) is 0 Å². The number of alkyl halides is 1. The van der Waals surface area contributed by atoms with Gasteiger partial charge in [0.1, 0.15) is 0 Å². The normalized spacial score (nSPS) is 14.1. The Morgan fingerprint density at radius 1 is 1.35 bits per heavy atom. The first-order valence-electron chi connectivity index (χ1n) is 6.00. The maximum absolute atomic E-state index is 12.3. The number of rotatable bonds is 5. The molecule has 0 saturated heterocycles. The van der Waals surface area contributed by atoms with E-state index in [1.54, 1.807) is 4.90 Å². The van der Waals surface area contributed by atoms with E-state index in [0.29, 0.717) is 6.54 Å². The summed E-state index contributed by atoms with van der Waals surface area (Å²) < 4.78 is 0. The molecule has 0 heterocycles. The number of amides is 1. The first-order chi connectivity index (χ1) is 8.06. The first-order valence-corrected chi connectivity index (χ1v) is 6.43. The summed E-state index contributed by atoms with van der Waals surface area (Å²) in [5.74, 6) is 0.0859. The monoisotopic (exact) mass is 253 g/mol. The van der Waals surface area contributed by atoms with Crippen molar-refractivity contribution in [3.05, 3.63) is 35.9 Å². The molecule has 0 aliphatic heterocycles. The highest BCUT2D eigenvalue weighted by molar-refractivity contribution is 6.20. The van der Waals surface area contributed by atoms with Crippen LogP contribution in [0, 0.1) is 0 Å². The summed E-state index contributed by atoms with van der Waals surface area (Å²) in [5.41, 5.74) is 1.08. The number of carbonyl (C=O) groups excluding carboxylic acids is 1. The molecule has 0 aliphatic carbocycles. The van der Waals surface area contributed by atoms with Crippen LogP contribution < -0.4 is 0 Å². The quantitative estimate of drug-likeness (QED) is 0.738. The Bertz CT molecular complexity index is 350.